The lowest BCUT2D eigenvalue weighted by Crippen LogP contribution is -1.88. The minimum Gasteiger partial charge on any atom is -0.264 e. The Morgan fingerprint density at radius 2 is 2.00 bits per heavy atom. The monoisotopic (exact) mass is 257 g/mol. The number of hydrogen-bond donors (Lipinski definition) is 0. The minimum absolute atomic E-state index is 0.0243. The van der Waals surface area contributed by atoms with Crippen LogP contribution in [0, 0.1) is 0 Å². The third-order valence-electron chi connectivity index (χ3n) is 1.99. The average molecular weight is 258 g/mol. The van der Waals surface area contributed by atoms with Crippen molar-refractivity contribution in [2.75, 3.05) is 0 Å². The van der Waals surface area contributed by atoms with Crippen molar-refractivity contribution >= 4 is 26.7 Å². The Balaban J connectivity index is 2.77. The van der Waals surface area contributed by atoms with E-state index < -0.39 is 6.43 Å². The molecule has 1 heterocycles. The summed E-state index contributed by atoms with van der Waals surface area (Å²) in [6.45, 7) is 0. The van der Waals surface area contributed by atoms with Gasteiger partial charge in [-0.2, -0.15) is 0 Å². The molecule has 0 bridgehead atoms. The van der Waals surface area contributed by atoms with Gasteiger partial charge in [-0.25, -0.2) is 8.78 Å². The van der Waals surface area contributed by atoms with Crippen molar-refractivity contribution in [2.24, 2.45) is 0 Å². The molecule has 0 spiro atoms. The summed E-state index contributed by atoms with van der Waals surface area (Å²) >= 11 is 3.25. The quantitative estimate of drug-likeness (QED) is 0.755. The first-order valence-electron chi connectivity index (χ1n) is 4.00. The first-order valence-corrected chi connectivity index (χ1v) is 4.79. The molecule has 0 N–H and O–H groups in total. The third kappa shape index (κ3) is 1.62. The highest BCUT2D eigenvalue weighted by atomic mass is 79.9. The summed E-state index contributed by atoms with van der Waals surface area (Å²) in [7, 11) is 0. The van der Waals surface area contributed by atoms with E-state index in [1.165, 1.54) is 6.20 Å². The Hall–Kier alpha value is -1.03. The summed E-state index contributed by atoms with van der Waals surface area (Å²) < 4.78 is 25.9. The van der Waals surface area contributed by atoms with Crippen LogP contribution in [0.1, 0.15) is 12.0 Å². The van der Waals surface area contributed by atoms with Gasteiger partial charge < -0.3 is 0 Å². The topological polar surface area (TPSA) is 12.9 Å². The number of hydrogen-bond acceptors (Lipinski definition) is 1. The predicted molar refractivity (Wildman–Crippen MR) is 54.4 cm³/mol. The molecule has 1 nitrogen and oxygen atoms in total. The lowest BCUT2D eigenvalue weighted by Gasteiger charge is -2.04. The summed E-state index contributed by atoms with van der Waals surface area (Å²) in [6, 6.07) is 5.25. The zero-order valence-corrected chi connectivity index (χ0v) is 8.63. The Labute approximate surface area is 87.9 Å². The predicted octanol–water partition coefficient (Wildman–Crippen LogP) is 3.93. The lowest BCUT2D eigenvalue weighted by atomic mass is 10.1. The van der Waals surface area contributed by atoms with Gasteiger partial charge >= 0.3 is 0 Å². The molecule has 2 rings (SSSR count). The van der Waals surface area contributed by atoms with Crippen LogP contribution in [0.2, 0.25) is 0 Å². The van der Waals surface area contributed by atoms with Crippen LogP contribution in [-0.4, -0.2) is 4.98 Å². The number of pyridine rings is 1. The standard InChI is InChI=1S/C10H6BrF2N/c11-7-2-1-6-4-14-5-9(10(12)13)8(6)3-7/h1-5,10H. The maximum absolute atomic E-state index is 12.6. The second kappa shape index (κ2) is 3.61. The lowest BCUT2D eigenvalue weighted by molar-refractivity contribution is 0.152. The number of aromatic nitrogens is 1. The fraction of sp³-hybridized carbons (Fsp3) is 0.100. The van der Waals surface area contributed by atoms with Crippen molar-refractivity contribution in [1.82, 2.24) is 4.98 Å². The van der Waals surface area contributed by atoms with Gasteiger partial charge in [-0.3, -0.25) is 4.98 Å². The van der Waals surface area contributed by atoms with Gasteiger partial charge in [0.05, 0.1) is 0 Å². The normalized spacial score (nSPS) is 11.1. The van der Waals surface area contributed by atoms with Gasteiger partial charge in [0.2, 0.25) is 0 Å². The smallest absolute Gasteiger partial charge is 0.264 e. The number of alkyl halides is 2. The first-order chi connectivity index (χ1) is 6.68. The van der Waals surface area contributed by atoms with Crippen LogP contribution in [0.4, 0.5) is 8.78 Å². The number of nitrogens with zero attached hydrogens (tertiary/aromatic N) is 1. The zero-order valence-electron chi connectivity index (χ0n) is 7.05. The summed E-state index contributed by atoms with van der Waals surface area (Å²) in [5, 5.41) is 1.27. The molecular weight excluding hydrogens is 252 g/mol. The molecule has 0 atom stereocenters. The van der Waals surface area contributed by atoms with Gasteiger partial charge in [0.15, 0.2) is 0 Å². The van der Waals surface area contributed by atoms with Gasteiger partial charge in [0.25, 0.3) is 6.43 Å². The van der Waals surface area contributed by atoms with Gasteiger partial charge in [0.1, 0.15) is 0 Å². The molecule has 2 aromatic rings. The van der Waals surface area contributed by atoms with Crippen molar-refractivity contribution < 1.29 is 8.78 Å². The molecule has 0 unspecified atom stereocenters. The average Bonchev–Trinajstić information content (AvgIpc) is 2.16. The molecule has 0 aliphatic rings. The molecule has 14 heavy (non-hydrogen) atoms. The van der Waals surface area contributed by atoms with E-state index in [-0.39, 0.29) is 5.56 Å². The Bertz CT molecular complexity index is 471. The summed E-state index contributed by atoms with van der Waals surface area (Å²) in [5.74, 6) is 0. The first kappa shape index (κ1) is 9.52. The van der Waals surface area contributed by atoms with Gasteiger partial charge in [-0.15, -0.1) is 0 Å². The second-order valence-corrected chi connectivity index (χ2v) is 3.81. The molecule has 0 aliphatic heterocycles. The molecule has 0 fully saturated rings. The van der Waals surface area contributed by atoms with Gasteiger partial charge in [-0.1, -0.05) is 22.0 Å². The van der Waals surface area contributed by atoms with Gasteiger partial charge in [-0.05, 0) is 17.5 Å². The van der Waals surface area contributed by atoms with E-state index in [0.717, 1.165) is 9.86 Å². The highest BCUT2D eigenvalue weighted by Gasteiger charge is 2.11. The molecule has 72 valence electrons. The van der Waals surface area contributed by atoms with E-state index in [4.69, 9.17) is 0 Å². The summed E-state index contributed by atoms with van der Waals surface area (Å²) in [6.07, 6.45) is 0.299. The maximum atomic E-state index is 12.6. The second-order valence-electron chi connectivity index (χ2n) is 2.89. The Morgan fingerprint density at radius 3 is 2.71 bits per heavy atom. The molecule has 4 heteroatoms. The zero-order chi connectivity index (χ0) is 10.1. The molecule has 0 saturated carbocycles. The van der Waals surface area contributed by atoms with E-state index in [0.29, 0.717) is 5.39 Å². The number of rotatable bonds is 1. The van der Waals surface area contributed by atoms with E-state index in [9.17, 15) is 8.78 Å². The van der Waals surface area contributed by atoms with Crippen LogP contribution in [-0.2, 0) is 0 Å². The van der Waals surface area contributed by atoms with Crippen LogP contribution in [0.25, 0.3) is 10.8 Å². The Kier molecular flexibility index (Phi) is 2.46. The van der Waals surface area contributed by atoms with Crippen LogP contribution in [0.5, 0.6) is 0 Å². The van der Waals surface area contributed by atoms with E-state index in [2.05, 4.69) is 20.9 Å². The fourth-order valence-electron chi connectivity index (χ4n) is 1.33. The summed E-state index contributed by atoms with van der Waals surface area (Å²) in [5.41, 5.74) is -0.0243. The van der Waals surface area contributed by atoms with E-state index in [1.54, 1.807) is 24.4 Å². The van der Waals surface area contributed by atoms with Crippen molar-refractivity contribution in [2.45, 2.75) is 6.43 Å². The fourth-order valence-corrected chi connectivity index (χ4v) is 1.69. The van der Waals surface area contributed by atoms with Crippen LogP contribution in [0.3, 0.4) is 0 Å². The molecule has 0 radical (unpaired) electrons. The molecule has 0 saturated heterocycles. The van der Waals surface area contributed by atoms with Crippen molar-refractivity contribution in [3.63, 3.8) is 0 Å². The largest absolute Gasteiger partial charge is 0.265 e. The van der Waals surface area contributed by atoms with Crippen molar-refractivity contribution in [3.05, 3.63) is 40.6 Å². The molecule has 1 aromatic carbocycles. The number of halogens is 3. The van der Waals surface area contributed by atoms with Crippen LogP contribution < -0.4 is 0 Å². The minimum atomic E-state index is -2.49. The Morgan fingerprint density at radius 1 is 1.21 bits per heavy atom. The van der Waals surface area contributed by atoms with Crippen molar-refractivity contribution in [3.8, 4) is 0 Å². The molecule has 0 aliphatic carbocycles. The SMILES string of the molecule is FC(F)c1cncc2ccc(Br)cc12. The van der Waals surface area contributed by atoms with E-state index in [1.807, 2.05) is 0 Å². The van der Waals surface area contributed by atoms with Crippen LogP contribution in [0.15, 0.2) is 35.1 Å². The highest BCUT2D eigenvalue weighted by molar-refractivity contribution is 9.10. The third-order valence-corrected chi connectivity index (χ3v) is 2.48. The van der Waals surface area contributed by atoms with Crippen LogP contribution >= 0.6 is 15.9 Å². The van der Waals surface area contributed by atoms with Crippen molar-refractivity contribution in [1.29, 1.82) is 0 Å². The van der Waals surface area contributed by atoms with E-state index >= 15 is 0 Å². The van der Waals surface area contributed by atoms with Gasteiger partial charge in [0, 0.05) is 27.8 Å². The maximum Gasteiger partial charge on any atom is 0.265 e. The summed E-state index contributed by atoms with van der Waals surface area (Å²) in [4.78, 5) is 3.77. The number of fused-ring (bicyclic) bond motifs is 1. The highest BCUT2D eigenvalue weighted by Crippen LogP contribution is 2.28. The molecule has 1 aromatic heterocycles. The molecule has 0 amide bonds. The molecular formula is C10H6BrF2N. The number of benzene rings is 1.